The summed E-state index contributed by atoms with van der Waals surface area (Å²) in [7, 11) is 0. The molecule has 2 atom stereocenters. The topological polar surface area (TPSA) is 72.3 Å². The van der Waals surface area contributed by atoms with Gasteiger partial charge in [0, 0.05) is 26.1 Å². The van der Waals surface area contributed by atoms with E-state index >= 15 is 0 Å². The van der Waals surface area contributed by atoms with E-state index in [1.165, 1.54) is 5.56 Å². The number of benzene rings is 1. The molecule has 0 saturated carbocycles. The number of ether oxygens (including phenoxy) is 1. The maximum atomic E-state index is 12.7. The molecular weight excluding hydrogens is 318 g/mol. The average Bonchev–Trinajstić information content (AvgIpc) is 3.13. The Morgan fingerprint density at radius 1 is 1.28 bits per heavy atom. The molecule has 3 heterocycles. The summed E-state index contributed by atoms with van der Waals surface area (Å²) in [6.45, 7) is 2.68. The molecule has 2 aromatic rings. The van der Waals surface area contributed by atoms with Crippen LogP contribution in [0.1, 0.15) is 30.3 Å². The van der Waals surface area contributed by atoms with Crippen molar-refractivity contribution >= 4 is 6.03 Å². The first-order valence-corrected chi connectivity index (χ1v) is 8.88. The SMILES string of the molecule is O=C(N[C@@H]1CCCn2ncnc21)N1CCO[C@@H](Cc2ccccc2)C1. The lowest BCUT2D eigenvalue weighted by Gasteiger charge is -2.34. The average molecular weight is 341 g/mol. The van der Waals surface area contributed by atoms with Crippen LogP contribution in [0, 0.1) is 0 Å². The second kappa shape index (κ2) is 7.23. The van der Waals surface area contributed by atoms with E-state index in [-0.39, 0.29) is 18.2 Å². The molecule has 0 bridgehead atoms. The first-order chi connectivity index (χ1) is 12.3. The van der Waals surface area contributed by atoms with E-state index in [9.17, 15) is 4.79 Å². The summed E-state index contributed by atoms with van der Waals surface area (Å²) < 4.78 is 7.73. The number of nitrogens with one attached hydrogen (secondary N) is 1. The Kier molecular flexibility index (Phi) is 4.65. The van der Waals surface area contributed by atoms with Gasteiger partial charge < -0.3 is 15.0 Å². The van der Waals surface area contributed by atoms with Gasteiger partial charge in [-0.1, -0.05) is 30.3 Å². The number of urea groups is 1. The number of aromatic nitrogens is 3. The molecule has 1 aromatic carbocycles. The minimum atomic E-state index is -0.0563. The molecule has 25 heavy (non-hydrogen) atoms. The number of hydrogen-bond donors (Lipinski definition) is 1. The van der Waals surface area contributed by atoms with Crippen molar-refractivity contribution in [3.8, 4) is 0 Å². The monoisotopic (exact) mass is 341 g/mol. The number of nitrogens with zero attached hydrogens (tertiary/aromatic N) is 4. The summed E-state index contributed by atoms with van der Waals surface area (Å²) in [5, 5.41) is 7.33. The second-order valence-corrected chi connectivity index (χ2v) is 6.61. The van der Waals surface area contributed by atoms with Crippen LogP contribution in [-0.4, -0.2) is 51.5 Å². The van der Waals surface area contributed by atoms with Crippen LogP contribution in [-0.2, 0) is 17.7 Å². The van der Waals surface area contributed by atoms with E-state index in [1.54, 1.807) is 6.33 Å². The quantitative estimate of drug-likeness (QED) is 0.923. The molecule has 1 aromatic heterocycles. The van der Waals surface area contributed by atoms with Crippen molar-refractivity contribution in [2.24, 2.45) is 0 Å². The van der Waals surface area contributed by atoms with Crippen LogP contribution < -0.4 is 5.32 Å². The Balaban J connectivity index is 1.36. The number of fused-ring (bicyclic) bond motifs is 1. The third-order valence-corrected chi connectivity index (χ3v) is 4.85. The summed E-state index contributed by atoms with van der Waals surface area (Å²) in [5.41, 5.74) is 1.23. The molecule has 7 heteroatoms. The maximum absolute atomic E-state index is 12.7. The van der Waals surface area contributed by atoms with Crippen molar-refractivity contribution in [3.63, 3.8) is 0 Å². The van der Waals surface area contributed by atoms with Crippen LogP contribution in [0.4, 0.5) is 4.79 Å². The van der Waals surface area contributed by atoms with Gasteiger partial charge in [-0.15, -0.1) is 0 Å². The minimum Gasteiger partial charge on any atom is -0.374 e. The summed E-state index contributed by atoms with van der Waals surface area (Å²) in [5.74, 6) is 0.855. The van der Waals surface area contributed by atoms with E-state index in [0.717, 1.165) is 31.6 Å². The van der Waals surface area contributed by atoms with Gasteiger partial charge in [-0.05, 0) is 18.4 Å². The summed E-state index contributed by atoms with van der Waals surface area (Å²) in [6.07, 6.45) is 4.33. The zero-order chi connectivity index (χ0) is 17.1. The molecule has 0 spiro atoms. The Hall–Kier alpha value is -2.41. The number of rotatable bonds is 3. The van der Waals surface area contributed by atoms with Crippen molar-refractivity contribution in [3.05, 3.63) is 48.0 Å². The van der Waals surface area contributed by atoms with Crippen LogP contribution in [0.25, 0.3) is 0 Å². The van der Waals surface area contributed by atoms with Gasteiger partial charge in [0.2, 0.25) is 0 Å². The van der Waals surface area contributed by atoms with E-state index < -0.39 is 0 Å². The van der Waals surface area contributed by atoms with Crippen LogP contribution in [0.2, 0.25) is 0 Å². The van der Waals surface area contributed by atoms with Gasteiger partial charge in [0.05, 0.1) is 18.8 Å². The number of hydrogen-bond acceptors (Lipinski definition) is 4. The highest BCUT2D eigenvalue weighted by atomic mass is 16.5. The Morgan fingerprint density at radius 2 is 2.16 bits per heavy atom. The fourth-order valence-corrected chi connectivity index (χ4v) is 3.57. The largest absolute Gasteiger partial charge is 0.374 e. The highest BCUT2D eigenvalue weighted by molar-refractivity contribution is 5.74. The van der Waals surface area contributed by atoms with Crippen molar-refractivity contribution in [1.29, 1.82) is 0 Å². The molecular formula is C18H23N5O2. The van der Waals surface area contributed by atoms with Gasteiger partial charge in [-0.2, -0.15) is 5.10 Å². The van der Waals surface area contributed by atoms with E-state index in [2.05, 4.69) is 27.5 Å². The van der Waals surface area contributed by atoms with Crippen LogP contribution in [0.15, 0.2) is 36.7 Å². The fraction of sp³-hybridized carbons (Fsp3) is 0.500. The van der Waals surface area contributed by atoms with Gasteiger partial charge in [-0.25, -0.2) is 14.5 Å². The molecule has 1 saturated heterocycles. The van der Waals surface area contributed by atoms with Crippen molar-refractivity contribution in [2.45, 2.75) is 38.0 Å². The zero-order valence-corrected chi connectivity index (χ0v) is 14.2. The molecule has 4 rings (SSSR count). The van der Waals surface area contributed by atoms with E-state index in [1.807, 2.05) is 27.8 Å². The normalized spacial score (nSPS) is 23.1. The molecule has 0 radical (unpaired) electrons. The number of aryl methyl sites for hydroxylation is 1. The lowest BCUT2D eigenvalue weighted by molar-refractivity contribution is -0.0138. The molecule has 132 valence electrons. The zero-order valence-electron chi connectivity index (χ0n) is 14.2. The van der Waals surface area contributed by atoms with Crippen LogP contribution in [0.5, 0.6) is 0 Å². The molecule has 1 N–H and O–H groups in total. The maximum Gasteiger partial charge on any atom is 0.318 e. The standard InChI is InChI=1S/C18H23N5O2/c24-18(21-16-7-4-8-23-17(16)19-13-20-23)22-9-10-25-15(12-22)11-14-5-2-1-3-6-14/h1-3,5-6,13,15-16H,4,7-12H2,(H,21,24)/t15-,16+/m0/s1. The predicted molar refractivity (Wildman–Crippen MR) is 92.0 cm³/mol. The molecule has 1 fully saturated rings. The highest BCUT2D eigenvalue weighted by Gasteiger charge is 2.29. The Morgan fingerprint density at radius 3 is 3.04 bits per heavy atom. The number of carbonyl (C=O) groups excluding carboxylic acids is 1. The number of amides is 2. The lowest BCUT2D eigenvalue weighted by Crippen LogP contribution is -2.51. The predicted octanol–water partition coefficient (Wildman–Crippen LogP) is 1.77. The molecule has 2 aliphatic heterocycles. The lowest BCUT2D eigenvalue weighted by atomic mass is 10.1. The highest BCUT2D eigenvalue weighted by Crippen LogP contribution is 2.22. The van der Waals surface area contributed by atoms with Gasteiger partial charge in [0.15, 0.2) is 0 Å². The Labute approximate surface area is 147 Å². The van der Waals surface area contributed by atoms with Gasteiger partial charge in [-0.3, -0.25) is 0 Å². The van der Waals surface area contributed by atoms with Gasteiger partial charge in [0.25, 0.3) is 0 Å². The fourth-order valence-electron chi connectivity index (χ4n) is 3.57. The smallest absolute Gasteiger partial charge is 0.318 e. The van der Waals surface area contributed by atoms with Crippen molar-refractivity contribution in [2.75, 3.05) is 19.7 Å². The summed E-state index contributed by atoms with van der Waals surface area (Å²) in [4.78, 5) is 18.9. The van der Waals surface area contributed by atoms with Gasteiger partial charge in [0.1, 0.15) is 12.2 Å². The Bertz CT molecular complexity index is 717. The first kappa shape index (κ1) is 16.1. The number of carbonyl (C=O) groups is 1. The van der Waals surface area contributed by atoms with Crippen molar-refractivity contribution < 1.29 is 9.53 Å². The van der Waals surface area contributed by atoms with E-state index in [0.29, 0.717) is 19.7 Å². The van der Waals surface area contributed by atoms with E-state index in [4.69, 9.17) is 4.74 Å². The third-order valence-electron chi connectivity index (χ3n) is 4.85. The van der Waals surface area contributed by atoms with Crippen LogP contribution in [0.3, 0.4) is 0 Å². The minimum absolute atomic E-state index is 0.0388. The molecule has 0 unspecified atom stereocenters. The second-order valence-electron chi connectivity index (χ2n) is 6.61. The first-order valence-electron chi connectivity index (χ1n) is 8.88. The third kappa shape index (κ3) is 3.66. The number of morpholine rings is 1. The molecule has 2 aliphatic rings. The van der Waals surface area contributed by atoms with Crippen LogP contribution >= 0.6 is 0 Å². The molecule has 0 aliphatic carbocycles. The van der Waals surface area contributed by atoms with Crippen molar-refractivity contribution in [1.82, 2.24) is 25.0 Å². The molecule has 7 nitrogen and oxygen atoms in total. The summed E-state index contributed by atoms with van der Waals surface area (Å²) >= 11 is 0. The summed E-state index contributed by atoms with van der Waals surface area (Å²) in [6, 6.07) is 10.2. The van der Waals surface area contributed by atoms with Gasteiger partial charge >= 0.3 is 6.03 Å². The molecule has 2 amide bonds.